The number of nitrogens with one attached hydrogen (secondary N) is 1. The van der Waals surface area contributed by atoms with E-state index >= 15 is 0 Å². The second-order valence-electron chi connectivity index (χ2n) is 5.93. The predicted molar refractivity (Wildman–Crippen MR) is 97.6 cm³/mol. The molecule has 2 aromatic carbocycles. The van der Waals surface area contributed by atoms with Crippen LogP contribution in [0.15, 0.2) is 54.6 Å². The fourth-order valence-electron chi connectivity index (χ4n) is 2.30. The summed E-state index contributed by atoms with van der Waals surface area (Å²) in [7, 11) is 0. The summed E-state index contributed by atoms with van der Waals surface area (Å²) in [6.45, 7) is 7.12. The number of benzene rings is 2. The monoisotopic (exact) mass is 307 g/mol. The average molecular weight is 307 g/mol. The molecule has 0 spiro atoms. The lowest BCUT2D eigenvalue weighted by Crippen LogP contribution is -2.15. The van der Waals surface area contributed by atoms with Gasteiger partial charge in [-0.25, -0.2) is 0 Å². The minimum absolute atomic E-state index is 0.0320. The molecule has 120 valence electrons. The molecule has 0 bridgehead atoms. The van der Waals surface area contributed by atoms with Gasteiger partial charge in [-0.1, -0.05) is 73.0 Å². The highest BCUT2D eigenvalue weighted by atomic mass is 16.1. The highest BCUT2D eigenvalue weighted by molar-refractivity contribution is 6.08. The largest absolute Gasteiger partial charge is 0.384 e. The third-order valence-corrected chi connectivity index (χ3v) is 3.82. The summed E-state index contributed by atoms with van der Waals surface area (Å²) in [4.78, 5) is 12.5. The lowest BCUT2D eigenvalue weighted by atomic mass is 10.0. The maximum absolute atomic E-state index is 12.5. The number of hydrogen-bond donors (Lipinski definition) is 1. The molecule has 2 heteroatoms. The van der Waals surface area contributed by atoms with E-state index in [9.17, 15) is 4.79 Å². The molecule has 0 aliphatic heterocycles. The predicted octanol–water partition coefficient (Wildman–Crippen LogP) is 4.92. The van der Waals surface area contributed by atoms with Gasteiger partial charge in [0.05, 0.1) is 0 Å². The van der Waals surface area contributed by atoms with Gasteiger partial charge in [-0.05, 0) is 25.8 Å². The van der Waals surface area contributed by atoms with Crippen LogP contribution in [0.1, 0.15) is 46.8 Å². The molecule has 0 heterocycles. The number of allylic oxidation sites excluding steroid dienone is 1. The number of rotatable bonds is 7. The van der Waals surface area contributed by atoms with Crippen LogP contribution in [0.3, 0.4) is 0 Å². The molecule has 2 aromatic rings. The molecule has 23 heavy (non-hydrogen) atoms. The van der Waals surface area contributed by atoms with Crippen LogP contribution in [-0.2, 0) is 0 Å². The van der Waals surface area contributed by atoms with Crippen molar-refractivity contribution in [2.24, 2.45) is 0 Å². The van der Waals surface area contributed by atoms with E-state index in [2.05, 4.69) is 43.4 Å². The average Bonchev–Trinajstić information content (AvgIpc) is 2.55. The second kappa shape index (κ2) is 8.33. The van der Waals surface area contributed by atoms with E-state index in [0.29, 0.717) is 0 Å². The Kier molecular flexibility index (Phi) is 6.16. The third kappa shape index (κ3) is 5.10. The molecular formula is C21H25NO. The minimum atomic E-state index is 0.0320. The van der Waals surface area contributed by atoms with Crippen molar-refractivity contribution in [3.05, 3.63) is 76.9 Å². The summed E-state index contributed by atoms with van der Waals surface area (Å²) in [5.74, 6) is 0.0320. The van der Waals surface area contributed by atoms with Gasteiger partial charge >= 0.3 is 0 Å². The van der Waals surface area contributed by atoms with Crippen LogP contribution in [0.4, 0.5) is 0 Å². The zero-order valence-electron chi connectivity index (χ0n) is 14.2. The van der Waals surface area contributed by atoms with Crippen molar-refractivity contribution < 1.29 is 4.79 Å². The Bertz CT molecular complexity index is 666. The molecule has 0 aromatic heterocycles. The topological polar surface area (TPSA) is 29.1 Å². The first-order valence-electron chi connectivity index (χ1n) is 8.23. The van der Waals surface area contributed by atoms with Gasteiger partial charge in [-0.15, -0.1) is 0 Å². The number of carbonyl (C=O) groups is 1. The summed E-state index contributed by atoms with van der Waals surface area (Å²) in [6, 6.07) is 16.0. The van der Waals surface area contributed by atoms with Crippen molar-refractivity contribution in [3.63, 3.8) is 0 Å². The molecular weight excluding hydrogens is 282 g/mol. The van der Waals surface area contributed by atoms with E-state index in [1.165, 1.54) is 5.56 Å². The van der Waals surface area contributed by atoms with Gasteiger partial charge in [0.2, 0.25) is 0 Å². The number of unbranched alkanes of at least 4 members (excludes halogenated alkanes) is 1. The molecule has 0 saturated carbocycles. The van der Waals surface area contributed by atoms with Crippen molar-refractivity contribution in [3.8, 4) is 0 Å². The van der Waals surface area contributed by atoms with Crippen molar-refractivity contribution >= 4 is 11.5 Å². The number of aryl methyl sites for hydroxylation is 2. The molecule has 0 aliphatic carbocycles. The highest BCUT2D eigenvalue weighted by Gasteiger charge is 2.07. The van der Waals surface area contributed by atoms with Crippen LogP contribution < -0.4 is 5.32 Å². The third-order valence-electron chi connectivity index (χ3n) is 3.82. The van der Waals surface area contributed by atoms with Gasteiger partial charge in [-0.2, -0.15) is 0 Å². The Morgan fingerprint density at radius 3 is 1.96 bits per heavy atom. The van der Waals surface area contributed by atoms with Gasteiger partial charge in [0, 0.05) is 23.9 Å². The van der Waals surface area contributed by atoms with Crippen molar-refractivity contribution in [2.45, 2.75) is 33.6 Å². The molecule has 2 nitrogen and oxygen atoms in total. The Labute approximate surface area is 139 Å². The van der Waals surface area contributed by atoms with Crippen LogP contribution in [0, 0.1) is 13.8 Å². The summed E-state index contributed by atoms with van der Waals surface area (Å²) >= 11 is 0. The lowest BCUT2D eigenvalue weighted by molar-refractivity contribution is 0.104. The number of ketones is 1. The van der Waals surface area contributed by atoms with Crippen LogP contribution in [0.2, 0.25) is 0 Å². The van der Waals surface area contributed by atoms with E-state index in [1.54, 1.807) is 6.08 Å². The SMILES string of the molecule is CCCCN/C(=C/C(=O)c1ccc(C)cc1)c1ccc(C)cc1. The number of hydrogen-bond acceptors (Lipinski definition) is 2. The van der Waals surface area contributed by atoms with Gasteiger partial charge in [-0.3, -0.25) is 4.79 Å². The lowest BCUT2D eigenvalue weighted by Gasteiger charge is -2.11. The molecule has 0 atom stereocenters. The Morgan fingerprint density at radius 2 is 1.43 bits per heavy atom. The van der Waals surface area contributed by atoms with Gasteiger partial charge in [0.25, 0.3) is 0 Å². The summed E-state index contributed by atoms with van der Waals surface area (Å²) < 4.78 is 0. The minimum Gasteiger partial charge on any atom is -0.384 e. The molecule has 0 unspecified atom stereocenters. The van der Waals surface area contributed by atoms with Crippen LogP contribution in [-0.4, -0.2) is 12.3 Å². The first-order valence-corrected chi connectivity index (χ1v) is 8.23. The van der Waals surface area contributed by atoms with Crippen molar-refractivity contribution in [1.82, 2.24) is 5.32 Å². The standard InChI is InChI=1S/C21H25NO/c1-4-5-14-22-20(18-10-6-16(2)7-11-18)15-21(23)19-12-8-17(3)9-13-19/h6-13,15,22H,4-5,14H2,1-3H3/b20-15+. The Balaban J connectivity index is 2.25. The molecule has 0 radical (unpaired) electrons. The highest BCUT2D eigenvalue weighted by Crippen LogP contribution is 2.15. The van der Waals surface area contributed by atoms with Gasteiger partial charge in [0.1, 0.15) is 0 Å². The van der Waals surface area contributed by atoms with Gasteiger partial charge in [0.15, 0.2) is 5.78 Å². The molecule has 0 fully saturated rings. The van der Waals surface area contributed by atoms with E-state index in [1.807, 2.05) is 31.2 Å². The van der Waals surface area contributed by atoms with E-state index in [4.69, 9.17) is 0 Å². The van der Waals surface area contributed by atoms with Crippen LogP contribution >= 0.6 is 0 Å². The zero-order valence-corrected chi connectivity index (χ0v) is 14.2. The fraction of sp³-hybridized carbons (Fsp3) is 0.286. The molecule has 0 aliphatic rings. The fourth-order valence-corrected chi connectivity index (χ4v) is 2.30. The van der Waals surface area contributed by atoms with E-state index in [0.717, 1.165) is 41.8 Å². The Hall–Kier alpha value is -2.35. The smallest absolute Gasteiger partial charge is 0.187 e. The second-order valence-corrected chi connectivity index (χ2v) is 5.93. The molecule has 1 N–H and O–H groups in total. The van der Waals surface area contributed by atoms with E-state index in [-0.39, 0.29) is 5.78 Å². The summed E-state index contributed by atoms with van der Waals surface area (Å²) in [5, 5.41) is 3.41. The molecule has 0 amide bonds. The normalized spacial score (nSPS) is 11.3. The van der Waals surface area contributed by atoms with Crippen molar-refractivity contribution in [2.75, 3.05) is 6.54 Å². The van der Waals surface area contributed by atoms with Crippen LogP contribution in [0.25, 0.3) is 5.70 Å². The number of carbonyl (C=O) groups excluding carboxylic acids is 1. The first-order chi connectivity index (χ1) is 11.1. The summed E-state index contributed by atoms with van der Waals surface area (Å²) in [5.41, 5.74) is 5.03. The quantitative estimate of drug-likeness (QED) is 0.447. The maximum atomic E-state index is 12.5. The van der Waals surface area contributed by atoms with Crippen molar-refractivity contribution in [1.29, 1.82) is 0 Å². The van der Waals surface area contributed by atoms with Gasteiger partial charge < -0.3 is 5.32 Å². The first kappa shape index (κ1) is 17.0. The van der Waals surface area contributed by atoms with E-state index < -0.39 is 0 Å². The molecule has 0 saturated heterocycles. The zero-order chi connectivity index (χ0) is 16.7. The van der Waals surface area contributed by atoms with Crippen LogP contribution in [0.5, 0.6) is 0 Å². The molecule has 2 rings (SSSR count). The summed E-state index contributed by atoms with van der Waals surface area (Å²) in [6.07, 6.45) is 3.92. The maximum Gasteiger partial charge on any atom is 0.187 e. The Morgan fingerprint density at radius 1 is 0.913 bits per heavy atom.